The van der Waals surface area contributed by atoms with Gasteiger partial charge in [-0.25, -0.2) is 0 Å². The van der Waals surface area contributed by atoms with E-state index in [1.807, 2.05) is 6.07 Å². The first-order chi connectivity index (χ1) is 10.0. The van der Waals surface area contributed by atoms with Crippen LogP contribution in [0.5, 0.6) is 0 Å². The molecule has 0 aromatic heterocycles. The van der Waals surface area contributed by atoms with Gasteiger partial charge in [-0.3, -0.25) is 9.69 Å². The number of likely N-dealkylation sites (N-methyl/N-ethyl adjacent to an activating group) is 1. The summed E-state index contributed by atoms with van der Waals surface area (Å²) in [4.78, 5) is 13.8. The Balaban J connectivity index is 1.66. The molecule has 1 amide bonds. The number of nitrogens with two attached hydrogens (primary N) is 1. The third kappa shape index (κ3) is 3.13. The molecule has 1 fully saturated rings. The van der Waals surface area contributed by atoms with Crippen LogP contribution in [-0.2, 0) is 11.2 Å². The van der Waals surface area contributed by atoms with Gasteiger partial charge in [0.2, 0.25) is 5.91 Å². The van der Waals surface area contributed by atoms with Crippen LogP contribution in [0.15, 0.2) is 12.1 Å². The normalized spacial score (nSPS) is 19.1. The van der Waals surface area contributed by atoms with E-state index in [9.17, 15) is 4.79 Å². The lowest BCUT2D eigenvalue weighted by Crippen LogP contribution is -2.36. The van der Waals surface area contributed by atoms with Crippen molar-refractivity contribution in [3.05, 3.63) is 17.7 Å². The zero-order valence-corrected chi connectivity index (χ0v) is 12.8. The molecule has 21 heavy (non-hydrogen) atoms. The summed E-state index contributed by atoms with van der Waals surface area (Å²) in [7, 11) is 2.19. The molecule has 1 aromatic carbocycles. The second-order valence-electron chi connectivity index (χ2n) is 6.27. The molecule has 1 atom stereocenters. The molecule has 114 valence electrons. The van der Waals surface area contributed by atoms with Gasteiger partial charge in [0.15, 0.2) is 0 Å². The van der Waals surface area contributed by atoms with Crippen molar-refractivity contribution in [1.82, 2.24) is 4.90 Å². The number of hydrogen-bond acceptors (Lipinski definition) is 4. The van der Waals surface area contributed by atoms with Gasteiger partial charge < -0.3 is 16.4 Å². The molecule has 4 N–H and O–H groups in total. The van der Waals surface area contributed by atoms with E-state index in [4.69, 9.17) is 5.73 Å². The van der Waals surface area contributed by atoms with Crippen molar-refractivity contribution in [2.45, 2.75) is 44.7 Å². The van der Waals surface area contributed by atoms with Crippen molar-refractivity contribution in [2.75, 3.05) is 30.0 Å². The van der Waals surface area contributed by atoms with Crippen LogP contribution in [0, 0.1) is 0 Å². The monoisotopic (exact) mass is 288 g/mol. The minimum Gasteiger partial charge on any atom is -0.397 e. The summed E-state index contributed by atoms with van der Waals surface area (Å²) < 4.78 is 0. The zero-order valence-electron chi connectivity index (χ0n) is 12.8. The Hall–Kier alpha value is -1.75. The minimum absolute atomic E-state index is 0.0716. The third-order valence-corrected chi connectivity index (χ3v) is 4.58. The Bertz CT molecular complexity index is 553. The van der Waals surface area contributed by atoms with Crippen LogP contribution in [-0.4, -0.2) is 36.5 Å². The number of amides is 1. The van der Waals surface area contributed by atoms with Crippen molar-refractivity contribution in [3.8, 4) is 0 Å². The predicted molar refractivity (Wildman–Crippen MR) is 86.5 cm³/mol. The second kappa shape index (κ2) is 5.56. The number of benzene rings is 1. The molecule has 0 radical (unpaired) electrons. The SMILES string of the molecule is CC(CNc1cc2c(cc1N)NC(=O)CC2)N(C)C1CC1. The summed E-state index contributed by atoms with van der Waals surface area (Å²) in [6.45, 7) is 3.11. The number of nitrogen functional groups attached to an aromatic ring is 1. The van der Waals surface area contributed by atoms with Crippen molar-refractivity contribution in [2.24, 2.45) is 0 Å². The van der Waals surface area contributed by atoms with Gasteiger partial charge in [0.25, 0.3) is 0 Å². The van der Waals surface area contributed by atoms with Gasteiger partial charge in [-0.1, -0.05) is 0 Å². The first-order valence-electron chi connectivity index (χ1n) is 7.72. The Morgan fingerprint density at radius 1 is 1.43 bits per heavy atom. The number of anilines is 3. The fourth-order valence-electron chi connectivity index (χ4n) is 2.84. The van der Waals surface area contributed by atoms with Crippen molar-refractivity contribution < 1.29 is 4.79 Å². The van der Waals surface area contributed by atoms with Gasteiger partial charge in [-0.2, -0.15) is 0 Å². The van der Waals surface area contributed by atoms with E-state index in [2.05, 4.69) is 35.6 Å². The van der Waals surface area contributed by atoms with Crippen LogP contribution >= 0.6 is 0 Å². The van der Waals surface area contributed by atoms with Crippen LogP contribution < -0.4 is 16.4 Å². The number of carbonyl (C=O) groups is 1. The molecule has 1 unspecified atom stereocenters. The molecule has 1 saturated carbocycles. The summed E-state index contributed by atoms with van der Waals surface area (Å²) in [5.74, 6) is 0.0716. The molecular formula is C16H24N4O. The maximum atomic E-state index is 11.4. The van der Waals surface area contributed by atoms with E-state index in [1.165, 1.54) is 12.8 Å². The number of fused-ring (bicyclic) bond motifs is 1. The smallest absolute Gasteiger partial charge is 0.224 e. The van der Waals surface area contributed by atoms with Gasteiger partial charge in [0.1, 0.15) is 0 Å². The van der Waals surface area contributed by atoms with E-state index >= 15 is 0 Å². The predicted octanol–water partition coefficient (Wildman–Crippen LogP) is 2.05. The molecule has 1 aromatic rings. The van der Waals surface area contributed by atoms with Gasteiger partial charge in [0.05, 0.1) is 11.4 Å². The van der Waals surface area contributed by atoms with Crippen molar-refractivity contribution in [3.63, 3.8) is 0 Å². The van der Waals surface area contributed by atoms with Crippen molar-refractivity contribution >= 4 is 23.0 Å². The summed E-state index contributed by atoms with van der Waals surface area (Å²) in [6, 6.07) is 5.18. The third-order valence-electron chi connectivity index (χ3n) is 4.58. The Morgan fingerprint density at radius 3 is 2.90 bits per heavy atom. The molecule has 0 saturated heterocycles. The molecule has 3 rings (SSSR count). The highest BCUT2D eigenvalue weighted by Crippen LogP contribution is 2.31. The van der Waals surface area contributed by atoms with E-state index in [1.54, 1.807) is 0 Å². The Labute approximate surface area is 125 Å². The van der Waals surface area contributed by atoms with E-state index in [0.717, 1.165) is 35.9 Å². The number of hydrogen-bond donors (Lipinski definition) is 3. The largest absolute Gasteiger partial charge is 0.397 e. The van der Waals surface area contributed by atoms with Gasteiger partial charge in [-0.05, 0) is 50.9 Å². The topological polar surface area (TPSA) is 70.4 Å². The fourth-order valence-corrected chi connectivity index (χ4v) is 2.84. The summed E-state index contributed by atoms with van der Waals surface area (Å²) in [5, 5.41) is 6.34. The standard InChI is InChI=1S/C16H24N4O/c1-10(20(2)12-4-5-12)9-18-15-7-11-3-6-16(21)19-14(11)8-13(15)17/h7-8,10,12,18H,3-6,9,17H2,1-2H3,(H,19,21). The molecular weight excluding hydrogens is 264 g/mol. The maximum Gasteiger partial charge on any atom is 0.224 e. The van der Waals surface area contributed by atoms with Crippen molar-refractivity contribution in [1.29, 1.82) is 0 Å². The average molecular weight is 288 g/mol. The highest BCUT2D eigenvalue weighted by Gasteiger charge is 2.29. The Morgan fingerprint density at radius 2 is 2.19 bits per heavy atom. The van der Waals surface area contributed by atoms with Gasteiger partial charge in [0, 0.05) is 30.7 Å². The quantitative estimate of drug-likeness (QED) is 0.725. The number of nitrogens with zero attached hydrogens (tertiary/aromatic N) is 1. The molecule has 1 aliphatic carbocycles. The lowest BCUT2D eigenvalue weighted by atomic mass is 10.0. The van der Waals surface area contributed by atoms with Crippen LogP contribution in [0.1, 0.15) is 31.7 Å². The molecule has 2 aliphatic rings. The first-order valence-corrected chi connectivity index (χ1v) is 7.72. The summed E-state index contributed by atoms with van der Waals surface area (Å²) in [5.41, 5.74) is 9.78. The first kappa shape index (κ1) is 14.2. The molecule has 5 nitrogen and oxygen atoms in total. The average Bonchev–Trinajstić information content (AvgIpc) is 3.28. The van der Waals surface area contributed by atoms with Gasteiger partial charge >= 0.3 is 0 Å². The van der Waals surface area contributed by atoms with E-state index in [0.29, 0.717) is 18.2 Å². The highest BCUT2D eigenvalue weighted by atomic mass is 16.1. The minimum atomic E-state index is 0.0716. The molecule has 5 heteroatoms. The van der Waals surface area contributed by atoms with E-state index < -0.39 is 0 Å². The van der Waals surface area contributed by atoms with E-state index in [-0.39, 0.29) is 5.91 Å². The lowest BCUT2D eigenvalue weighted by molar-refractivity contribution is -0.116. The van der Waals surface area contributed by atoms with Crippen LogP contribution in [0.25, 0.3) is 0 Å². The summed E-state index contributed by atoms with van der Waals surface area (Å²) >= 11 is 0. The number of nitrogens with one attached hydrogen (secondary N) is 2. The Kier molecular flexibility index (Phi) is 3.76. The molecule has 1 heterocycles. The number of carbonyl (C=O) groups excluding carboxylic acids is 1. The lowest BCUT2D eigenvalue weighted by Gasteiger charge is -2.26. The number of aryl methyl sites for hydroxylation is 1. The second-order valence-corrected chi connectivity index (χ2v) is 6.27. The van der Waals surface area contributed by atoms with Gasteiger partial charge in [-0.15, -0.1) is 0 Å². The summed E-state index contributed by atoms with van der Waals surface area (Å²) in [6.07, 6.45) is 3.98. The maximum absolute atomic E-state index is 11.4. The van der Waals surface area contributed by atoms with Crippen LogP contribution in [0.4, 0.5) is 17.1 Å². The van der Waals surface area contributed by atoms with Crippen LogP contribution in [0.2, 0.25) is 0 Å². The van der Waals surface area contributed by atoms with Crippen LogP contribution in [0.3, 0.4) is 0 Å². The molecule has 1 aliphatic heterocycles. The zero-order chi connectivity index (χ0) is 15.0. The fraction of sp³-hybridized carbons (Fsp3) is 0.562. The number of rotatable bonds is 5. The highest BCUT2D eigenvalue weighted by molar-refractivity contribution is 5.95. The molecule has 0 bridgehead atoms. The molecule has 0 spiro atoms.